The summed E-state index contributed by atoms with van der Waals surface area (Å²) in [5.74, 6) is 0. The molecule has 0 aliphatic heterocycles. The van der Waals surface area contributed by atoms with Crippen LogP contribution >= 0.6 is 12.4 Å². The predicted molar refractivity (Wildman–Crippen MR) is 69.8 cm³/mol. The quantitative estimate of drug-likeness (QED) is 0.674. The summed E-state index contributed by atoms with van der Waals surface area (Å²) in [6.07, 6.45) is 0. The highest BCUT2D eigenvalue weighted by atomic mass is 35.5. The normalized spacial score (nSPS) is 10.1. The maximum absolute atomic E-state index is 6.05. The Bertz CT molecular complexity index is 457. The van der Waals surface area contributed by atoms with Crippen LogP contribution in [0.1, 0.15) is 16.7 Å². The van der Waals surface area contributed by atoms with Crippen LogP contribution in [0.15, 0.2) is 24.3 Å². The van der Waals surface area contributed by atoms with Crippen LogP contribution in [0.25, 0.3) is 10.8 Å². The summed E-state index contributed by atoms with van der Waals surface area (Å²) in [7, 11) is 0. The molecule has 0 amide bonds. The van der Waals surface area contributed by atoms with E-state index in [-0.39, 0.29) is 12.4 Å². The topological polar surface area (TPSA) is 26.0 Å². The van der Waals surface area contributed by atoms with E-state index in [0.29, 0.717) is 0 Å². The first-order chi connectivity index (χ1) is 6.63. The Labute approximate surface area is 96.7 Å². The van der Waals surface area contributed by atoms with Gasteiger partial charge in [-0.2, -0.15) is 0 Å². The molecule has 0 heterocycles. The van der Waals surface area contributed by atoms with E-state index >= 15 is 0 Å². The van der Waals surface area contributed by atoms with Crippen molar-refractivity contribution >= 4 is 28.9 Å². The summed E-state index contributed by atoms with van der Waals surface area (Å²) in [6, 6.07) is 8.42. The third-order valence-corrected chi connectivity index (χ3v) is 3.11. The van der Waals surface area contributed by atoms with E-state index in [1.165, 1.54) is 27.5 Å². The SMILES string of the molecule is Cc1c(N)c(C)c2ccccc2c1C.Cl. The van der Waals surface area contributed by atoms with Crippen molar-refractivity contribution < 1.29 is 0 Å². The van der Waals surface area contributed by atoms with Crippen LogP contribution in [0.5, 0.6) is 0 Å². The van der Waals surface area contributed by atoms with Crippen molar-refractivity contribution in [3.63, 3.8) is 0 Å². The third kappa shape index (κ3) is 1.68. The van der Waals surface area contributed by atoms with Crippen LogP contribution in [-0.2, 0) is 0 Å². The van der Waals surface area contributed by atoms with Gasteiger partial charge in [-0.15, -0.1) is 12.4 Å². The number of halogens is 1. The van der Waals surface area contributed by atoms with E-state index in [4.69, 9.17) is 5.73 Å². The van der Waals surface area contributed by atoms with Gasteiger partial charge in [-0.3, -0.25) is 0 Å². The van der Waals surface area contributed by atoms with Crippen molar-refractivity contribution in [2.75, 3.05) is 5.73 Å². The molecule has 2 N–H and O–H groups in total. The van der Waals surface area contributed by atoms with Gasteiger partial charge in [-0.1, -0.05) is 24.3 Å². The molecule has 2 aromatic rings. The molecule has 2 aromatic carbocycles. The number of nitrogens with two attached hydrogens (primary N) is 1. The molecule has 0 saturated heterocycles. The molecule has 0 radical (unpaired) electrons. The van der Waals surface area contributed by atoms with E-state index in [1.54, 1.807) is 0 Å². The lowest BCUT2D eigenvalue weighted by molar-refractivity contribution is 1.35. The molecule has 0 saturated carbocycles. The molecule has 15 heavy (non-hydrogen) atoms. The largest absolute Gasteiger partial charge is 0.398 e. The van der Waals surface area contributed by atoms with Gasteiger partial charge < -0.3 is 5.73 Å². The minimum Gasteiger partial charge on any atom is -0.398 e. The van der Waals surface area contributed by atoms with Crippen molar-refractivity contribution in [3.05, 3.63) is 41.0 Å². The summed E-state index contributed by atoms with van der Waals surface area (Å²) in [6.45, 7) is 6.31. The van der Waals surface area contributed by atoms with E-state index in [1.807, 2.05) is 0 Å². The van der Waals surface area contributed by atoms with E-state index < -0.39 is 0 Å². The first kappa shape index (κ1) is 11.9. The fourth-order valence-electron chi connectivity index (χ4n) is 1.97. The lowest BCUT2D eigenvalue weighted by atomic mass is 9.95. The Morgan fingerprint density at radius 2 is 1.27 bits per heavy atom. The van der Waals surface area contributed by atoms with Gasteiger partial charge in [0.25, 0.3) is 0 Å². The van der Waals surface area contributed by atoms with Gasteiger partial charge in [0.15, 0.2) is 0 Å². The number of hydrogen-bond acceptors (Lipinski definition) is 1. The average molecular weight is 222 g/mol. The van der Waals surface area contributed by atoms with Crippen LogP contribution < -0.4 is 5.73 Å². The zero-order valence-corrected chi connectivity index (χ0v) is 10.1. The molecular weight excluding hydrogens is 206 g/mol. The molecule has 0 aromatic heterocycles. The van der Waals surface area contributed by atoms with E-state index in [9.17, 15) is 0 Å². The Kier molecular flexibility index (Phi) is 3.25. The van der Waals surface area contributed by atoms with Crippen LogP contribution in [-0.4, -0.2) is 0 Å². The Balaban J connectivity index is 0.00000112. The summed E-state index contributed by atoms with van der Waals surface area (Å²) in [4.78, 5) is 0. The molecule has 80 valence electrons. The van der Waals surface area contributed by atoms with E-state index in [0.717, 1.165) is 5.69 Å². The summed E-state index contributed by atoms with van der Waals surface area (Å²) >= 11 is 0. The first-order valence-electron chi connectivity index (χ1n) is 4.87. The fourth-order valence-corrected chi connectivity index (χ4v) is 1.97. The number of nitrogen functional groups attached to an aromatic ring is 1. The summed E-state index contributed by atoms with van der Waals surface area (Å²) < 4.78 is 0. The molecule has 0 atom stereocenters. The molecule has 0 spiro atoms. The monoisotopic (exact) mass is 221 g/mol. The Morgan fingerprint density at radius 3 is 1.80 bits per heavy atom. The first-order valence-corrected chi connectivity index (χ1v) is 4.87. The Morgan fingerprint density at radius 1 is 0.800 bits per heavy atom. The number of rotatable bonds is 0. The van der Waals surface area contributed by atoms with Gasteiger partial charge in [0.2, 0.25) is 0 Å². The average Bonchev–Trinajstić information content (AvgIpc) is 2.23. The van der Waals surface area contributed by atoms with Crippen molar-refractivity contribution in [1.29, 1.82) is 0 Å². The van der Waals surface area contributed by atoms with Crippen molar-refractivity contribution in [3.8, 4) is 0 Å². The van der Waals surface area contributed by atoms with Gasteiger partial charge in [0.05, 0.1) is 0 Å². The second-order valence-electron chi connectivity index (χ2n) is 3.83. The summed E-state index contributed by atoms with van der Waals surface area (Å²) in [5.41, 5.74) is 10.7. The molecule has 0 bridgehead atoms. The molecule has 1 nitrogen and oxygen atoms in total. The van der Waals surface area contributed by atoms with Crippen molar-refractivity contribution in [2.24, 2.45) is 0 Å². The zero-order valence-electron chi connectivity index (χ0n) is 9.29. The molecule has 0 aliphatic rings. The molecule has 0 aliphatic carbocycles. The van der Waals surface area contributed by atoms with Gasteiger partial charge in [-0.05, 0) is 48.2 Å². The highest BCUT2D eigenvalue weighted by molar-refractivity contribution is 5.93. The van der Waals surface area contributed by atoms with E-state index in [2.05, 4.69) is 45.0 Å². The summed E-state index contributed by atoms with van der Waals surface area (Å²) in [5, 5.41) is 2.59. The van der Waals surface area contributed by atoms with Gasteiger partial charge in [0.1, 0.15) is 0 Å². The number of anilines is 1. The smallest absolute Gasteiger partial charge is 0.0382 e. The fraction of sp³-hybridized carbons (Fsp3) is 0.231. The minimum absolute atomic E-state index is 0. The highest BCUT2D eigenvalue weighted by Gasteiger charge is 2.07. The number of aryl methyl sites for hydroxylation is 2. The van der Waals surface area contributed by atoms with Crippen LogP contribution in [0.4, 0.5) is 5.69 Å². The van der Waals surface area contributed by atoms with Crippen LogP contribution in [0, 0.1) is 20.8 Å². The van der Waals surface area contributed by atoms with Gasteiger partial charge in [-0.25, -0.2) is 0 Å². The molecule has 0 fully saturated rings. The zero-order chi connectivity index (χ0) is 10.3. The number of benzene rings is 2. The molecule has 2 heteroatoms. The predicted octanol–water partition coefficient (Wildman–Crippen LogP) is 3.77. The molecular formula is C13H16ClN. The standard InChI is InChI=1S/C13H15N.ClH/c1-8-9(2)13(14)10(3)12-7-5-4-6-11(8)12;/h4-7H,14H2,1-3H3;1H. The number of hydrogen-bond donors (Lipinski definition) is 1. The molecule has 2 rings (SSSR count). The van der Waals surface area contributed by atoms with Crippen LogP contribution in [0.3, 0.4) is 0 Å². The Hall–Kier alpha value is -1.21. The van der Waals surface area contributed by atoms with Crippen molar-refractivity contribution in [2.45, 2.75) is 20.8 Å². The maximum Gasteiger partial charge on any atom is 0.0382 e. The third-order valence-electron chi connectivity index (χ3n) is 3.11. The molecule has 0 unspecified atom stereocenters. The van der Waals surface area contributed by atoms with Crippen molar-refractivity contribution in [1.82, 2.24) is 0 Å². The second kappa shape index (κ2) is 4.11. The highest BCUT2D eigenvalue weighted by Crippen LogP contribution is 2.30. The lowest BCUT2D eigenvalue weighted by Crippen LogP contribution is -1.97. The van der Waals surface area contributed by atoms with Gasteiger partial charge >= 0.3 is 0 Å². The second-order valence-corrected chi connectivity index (χ2v) is 3.83. The number of fused-ring (bicyclic) bond motifs is 1. The van der Waals surface area contributed by atoms with Crippen LogP contribution in [0.2, 0.25) is 0 Å². The maximum atomic E-state index is 6.05. The van der Waals surface area contributed by atoms with Gasteiger partial charge in [0, 0.05) is 5.69 Å². The minimum atomic E-state index is 0. The lowest BCUT2D eigenvalue weighted by Gasteiger charge is -2.13.